The van der Waals surface area contributed by atoms with E-state index in [9.17, 15) is 9.50 Å². The zero-order chi connectivity index (χ0) is 14.7. The number of aliphatic hydroxyl groups excluding tert-OH is 1. The molecule has 21 heavy (non-hydrogen) atoms. The van der Waals surface area contributed by atoms with Crippen molar-refractivity contribution in [1.29, 1.82) is 0 Å². The summed E-state index contributed by atoms with van der Waals surface area (Å²) < 4.78 is 13.1. The molecule has 0 aliphatic heterocycles. The monoisotopic (exact) mass is 280 g/mol. The van der Waals surface area contributed by atoms with Gasteiger partial charge < -0.3 is 5.11 Å². The number of hydrogen-bond acceptors (Lipinski definition) is 1. The Morgan fingerprint density at radius 2 is 1.48 bits per heavy atom. The van der Waals surface area contributed by atoms with Crippen LogP contribution in [0.2, 0.25) is 0 Å². The summed E-state index contributed by atoms with van der Waals surface area (Å²) in [5.74, 6) is -0.259. The molecule has 0 aliphatic carbocycles. The number of hydrogen-bond donors (Lipinski definition) is 1. The van der Waals surface area contributed by atoms with Gasteiger partial charge in [0.15, 0.2) is 0 Å². The van der Waals surface area contributed by atoms with Gasteiger partial charge in [-0.15, -0.1) is 0 Å². The fourth-order valence-corrected chi connectivity index (χ4v) is 2.65. The summed E-state index contributed by atoms with van der Waals surface area (Å²) in [5.41, 5.74) is 1.92. The first-order valence-electron chi connectivity index (χ1n) is 7.11. The topological polar surface area (TPSA) is 20.2 Å². The van der Waals surface area contributed by atoms with Crippen LogP contribution < -0.4 is 0 Å². The maximum Gasteiger partial charge on any atom is 0.123 e. The fourth-order valence-electron chi connectivity index (χ4n) is 2.65. The Morgan fingerprint density at radius 3 is 2.24 bits per heavy atom. The van der Waals surface area contributed by atoms with E-state index in [1.807, 2.05) is 24.3 Å². The average molecular weight is 280 g/mol. The van der Waals surface area contributed by atoms with E-state index >= 15 is 0 Å². The molecule has 0 heterocycles. The largest absolute Gasteiger partial charge is 0.392 e. The molecule has 0 aliphatic rings. The Hall–Kier alpha value is -2.19. The minimum absolute atomic E-state index is 0.259. The Balaban J connectivity index is 1.72. The molecular weight excluding hydrogens is 263 g/mol. The van der Waals surface area contributed by atoms with Crippen molar-refractivity contribution >= 4 is 10.8 Å². The summed E-state index contributed by atoms with van der Waals surface area (Å²) in [6.07, 6.45) is 0.527. The summed E-state index contributed by atoms with van der Waals surface area (Å²) in [4.78, 5) is 0. The van der Waals surface area contributed by atoms with Gasteiger partial charge in [-0.2, -0.15) is 0 Å². The van der Waals surface area contributed by atoms with Crippen LogP contribution in [0.3, 0.4) is 0 Å². The second kappa shape index (κ2) is 6.06. The molecule has 0 saturated heterocycles. The summed E-state index contributed by atoms with van der Waals surface area (Å²) in [5, 5.41) is 12.6. The van der Waals surface area contributed by atoms with Gasteiger partial charge in [0.05, 0.1) is 6.10 Å². The standard InChI is InChI=1S/C19H17FO/c20-18-7-3-4-14(11-18)12-19(21)13-15-8-9-16-5-1-2-6-17(16)10-15/h1-11,19,21H,12-13H2. The van der Waals surface area contributed by atoms with Crippen LogP contribution in [0.1, 0.15) is 11.1 Å². The fraction of sp³-hybridized carbons (Fsp3) is 0.158. The van der Waals surface area contributed by atoms with Crippen molar-refractivity contribution in [3.8, 4) is 0 Å². The molecule has 1 N–H and O–H groups in total. The molecule has 3 aromatic rings. The Kier molecular flexibility index (Phi) is 3.98. The van der Waals surface area contributed by atoms with E-state index in [4.69, 9.17) is 0 Å². The predicted molar refractivity (Wildman–Crippen MR) is 83.8 cm³/mol. The molecule has 0 aromatic heterocycles. The molecule has 0 fully saturated rings. The average Bonchev–Trinajstić information content (AvgIpc) is 2.47. The number of aliphatic hydroxyl groups is 1. The van der Waals surface area contributed by atoms with Gasteiger partial charge in [0, 0.05) is 0 Å². The lowest BCUT2D eigenvalue weighted by atomic mass is 9.99. The van der Waals surface area contributed by atoms with Crippen LogP contribution in [0.4, 0.5) is 4.39 Å². The van der Waals surface area contributed by atoms with Gasteiger partial charge in [0.25, 0.3) is 0 Å². The predicted octanol–water partition coefficient (Wildman–Crippen LogP) is 4.13. The molecule has 1 nitrogen and oxygen atoms in total. The minimum Gasteiger partial charge on any atom is -0.392 e. The van der Waals surface area contributed by atoms with Crippen molar-refractivity contribution in [3.63, 3.8) is 0 Å². The Bertz CT molecular complexity index is 751. The van der Waals surface area contributed by atoms with Crippen LogP contribution in [-0.4, -0.2) is 11.2 Å². The lowest BCUT2D eigenvalue weighted by Crippen LogP contribution is -2.14. The summed E-state index contributed by atoms with van der Waals surface area (Å²) in [6.45, 7) is 0. The van der Waals surface area contributed by atoms with E-state index in [0.29, 0.717) is 12.8 Å². The van der Waals surface area contributed by atoms with Gasteiger partial charge in [-0.05, 0) is 46.9 Å². The maximum absolute atomic E-state index is 13.1. The smallest absolute Gasteiger partial charge is 0.123 e. The van der Waals surface area contributed by atoms with Crippen molar-refractivity contribution in [3.05, 3.63) is 83.7 Å². The second-order valence-corrected chi connectivity index (χ2v) is 5.37. The van der Waals surface area contributed by atoms with Crippen molar-refractivity contribution in [2.45, 2.75) is 18.9 Å². The highest BCUT2D eigenvalue weighted by molar-refractivity contribution is 5.82. The van der Waals surface area contributed by atoms with Crippen molar-refractivity contribution in [2.24, 2.45) is 0 Å². The number of rotatable bonds is 4. The van der Waals surface area contributed by atoms with Gasteiger partial charge in [-0.1, -0.05) is 54.6 Å². The highest BCUT2D eigenvalue weighted by atomic mass is 19.1. The quantitative estimate of drug-likeness (QED) is 0.762. The summed E-state index contributed by atoms with van der Waals surface area (Å²) in [7, 11) is 0. The normalized spacial score (nSPS) is 12.5. The second-order valence-electron chi connectivity index (χ2n) is 5.37. The van der Waals surface area contributed by atoms with E-state index < -0.39 is 6.10 Å². The van der Waals surface area contributed by atoms with Gasteiger partial charge in [-0.25, -0.2) is 4.39 Å². The molecule has 0 bridgehead atoms. The van der Waals surface area contributed by atoms with Gasteiger partial charge in [0.2, 0.25) is 0 Å². The third kappa shape index (κ3) is 3.47. The summed E-state index contributed by atoms with van der Waals surface area (Å²) >= 11 is 0. The third-order valence-corrected chi connectivity index (χ3v) is 3.65. The molecule has 0 amide bonds. The van der Waals surface area contributed by atoms with Crippen LogP contribution in [-0.2, 0) is 12.8 Å². The van der Waals surface area contributed by atoms with Crippen LogP contribution in [0, 0.1) is 5.82 Å². The van der Waals surface area contributed by atoms with Crippen molar-refractivity contribution in [1.82, 2.24) is 0 Å². The van der Waals surface area contributed by atoms with Crippen LogP contribution in [0.5, 0.6) is 0 Å². The molecule has 3 aromatic carbocycles. The molecule has 0 saturated carbocycles. The van der Waals surface area contributed by atoms with E-state index in [1.54, 1.807) is 6.07 Å². The first-order chi connectivity index (χ1) is 10.2. The zero-order valence-corrected chi connectivity index (χ0v) is 11.7. The number of benzene rings is 3. The molecule has 1 unspecified atom stereocenters. The molecular formula is C19H17FO. The SMILES string of the molecule is OC(Cc1cccc(F)c1)Cc1ccc2ccccc2c1. The van der Waals surface area contributed by atoms with Gasteiger partial charge >= 0.3 is 0 Å². The Morgan fingerprint density at radius 1 is 0.762 bits per heavy atom. The van der Waals surface area contributed by atoms with E-state index in [0.717, 1.165) is 11.1 Å². The highest BCUT2D eigenvalue weighted by Gasteiger charge is 2.08. The van der Waals surface area contributed by atoms with Crippen LogP contribution >= 0.6 is 0 Å². The minimum atomic E-state index is -0.507. The number of fused-ring (bicyclic) bond motifs is 1. The van der Waals surface area contributed by atoms with Gasteiger partial charge in [0.1, 0.15) is 5.82 Å². The highest BCUT2D eigenvalue weighted by Crippen LogP contribution is 2.17. The van der Waals surface area contributed by atoms with Crippen LogP contribution in [0.25, 0.3) is 10.8 Å². The molecule has 1 atom stereocenters. The van der Waals surface area contributed by atoms with E-state index in [-0.39, 0.29) is 5.82 Å². The first-order valence-corrected chi connectivity index (χ1v) is 7.11. The molecule has 0 radical (unpaired) electrons. The maximum atomic E-state index is 13.1. The zero-order valence-electron chi connectivity index (χ0n) is 11.7. The number of halogens is 1. The third-order valence-electron chi connectivity index (χ3n) is 3.65. The lowest BCUT2D eigenvalue weighted by molar-refractivity contribution is 0.175. The molecule has 106 valence electrons. The molecule has 0 spiro atoms. The van der Waals surface area contributed by atoms with Gasteiger partial charge in [-0.3, -0.25) is 0 Å². The van der Waals surface area contributed by atoms with Crippen molar-refractivity contribution in [2.75, 3.05) is 0 Å². The van der Waals surface area contributed by atoms with E-state index in [1.165, 1.54) is 22.9 Å². The Labute approximate surface area is 123 Å². The first kappa shape index (κ1) is 13.8. The van der Waals surface area contributed by atoms with E-state index in [2.05, 4.69) is 24.3 Å². The lowest BCUT2D eigenvalue weighted by Gasteiger charge is -2.11. The molecule has 3 rings (SSSR count). The molecule has 2 heteroatoms. The summed E-state index contributed by atoms with van der Waals surface area (Å²) in [6, 6.07) is 20.8. The van der Waals surface area contributed by atoms with Crippen LogP contribution in [0.15, 0.2) is 66.7 Å². The van der Waals surface area contributed by atoms with Crippen molar-refractivity contribution < 1.29 is 9.50 Å².